The maximum Gasteiger partial charge on any atom is 0.157 e. The van der Waals surface area contributed by atoms with E-state index < -0.39 is 9.84 Å². The molecule has 112 valence electrons. The summed E-state index contributed by atoms with van der Waals surface area (Å²) >= 11 is 0. The predicted molar refractivity (Wildman–Crippen MR) is 80.6 cm³/mol. The molecule has 0 radical (unpaired) electrons. The van der Waals surface area contributed by atoms with Gasteiger partial charge in [0.05, 0.1) is 17.6 Å². The van der Waals surface area contributed by atoms with Crippen molar-refractivity contribution in [1.82, 2.24) is 5.32 Å². The van der Waals surface area contributed by atoms with Gasteiger partial charge < -0.3 is 10.1 Å². The number of sulfone groups is 1. The second kappa shape index (κ2) is 6.70. The summed E-state index contributed by atoms with van der Waals surface area (Å²) in [7, 11) is -1.62. The van der Waals surface area contributed by atoms with Crippen LogP contribution in [0.25, 0.3) is 0 Å². The van der Waals surface area contributed by atoms with E-state index in [1.54, 1.807) is 0 Å². The fourth-order valence-corrected chi connectivity index (χ4v) is 4.58. The molecule has 0 spiro atoms. The Morgan fingerprint density at radius 3 is 2.80 bits per heavy atom. The third kappa shape index (κ3) is 3.22. The molecule has 1 aromatic rings. The van der Waals surface area contributed by atoms with Crippen LogP contribution in [0.5, 0.6) is 0 Å². The van der Waals surface area contributed by atoms with E-state index in [1.165, 1.54) is 7.11 Å². The molecule has 1 aliphatic rings. The lowest BCUT2D eigenvalue weighted by atomic mass is 10.1. The predicted octanol–water partition coefficient (Wildman–Crippen LogP) is 1.71. The zero-order valence-corrected chi connectivity index (χ0v) is 12.9. The van der Waals surface area contributed by atoms with Gasteiger partial charge in [-0.1, -0.05) is 31.2 Å². The molecule has 0 amide bonds. The summed E-state index contributed by atoms with van der Waals surface area (Å²) in [5.41, 5.74) is 2.28. The number of hydrogen-bond acceptors (Lipinski definition) is 4. The molecule has 1 aromatic carbocycles. The molecular formula is C15H23NO3S. The number of ether oxygens (including phenoxy) is 1. The summed E-state index contributed by atoms with van der Waals surface area (Å²) in [5, 5.41) is 3.03. The van der Waals surface area contributed by atoms with E-state index in [0.29, 0.717) is 6.42 Å². The van der Waals surface area contributed by atoms with Gasteiger partial charge in [0.2, 0.25) is 0 Å². The molecule has 0 aliphatic heterocycles. The van der Waals surface area contributed by atoms with Crippen molar-refractivity contribution in [3.63, 3.8) is 0 Å². The molecule has 1 aliphatic carbocycles. The standard InChI is InChI=1S/C15H23NO3S/c1-3-8-16-15-13-7-5-4-6-12(13)11-14(15)20(17,18)10-9-19-2/h4-7,14-16H,3,8-11H2,1-2H3. The summed E-state index contributed by atoms with van der Waals surface area (Å²) in [4.78, 5) is 0. The first-order valence-corrected chi connectivity index (χ1v) is 8.83. The van der Waals surface area contributed by atoms with Gasteiger partial charge in [0.1, 0.15) is 0 Å². The average Bonchev–Trinajstić information content (AvgIpc) is 2.82. The Labute approximate surface area is 121 Å². The highest BCUT2D eigenvalue weighted by molar-refractivity contribution is 7.92. The molecule has 0 aromatic heterocycles. The van der Waals surface area contributed by atoms with Crippen LogP contribution < -0.4 is 5.32 Å². The Bertz CT molecular complexity index is 542. The highest BCUT2D eigenvalue weighted by atomic mass is 32.2. The number of benzene rings is 1. The molecular weight excluding hydrogens is 274 g/mol. The van der Waals surface area contributed by atoms with Gasteiger partial charge in [0.15, 0.2) is 9.84 Å². The minimum absolute atomic E-state index is 0.0897. The second-order valence-electron chi connectivity index (χ2n) is 5.23. The van der Waals surface area contributed by atoms with Crippen molar-refractivity contribution >= 4 is 9.84 Å². The Morgan fingerprint density at radius 1 is 1.35 bits per heavy atom. The SMILES string of the molecule is CCCNC1c2ccccc2CC1S(=O)(=O)CCOC. The summed E-state index contributed by atoms with van der Waals surface area (Å²) in [5.74, 6) is 0.0897. The molecule has 0 heterocycles. The molecule has 0 fully saturated rings. The molecule has 0 saturated heterocycles. The summed E-state index contributed by atoms with van der Waals surface area (Å²) in [6.45, 7) is 3.17. The van der Waals surface area contributed by atoms with E-state index >= 15 is 0 Å². The van der Waals surface area contributed by atoms with E-state index in [2.05, 4.69) is 12.2 Å². The van der Waals surface area contributed by atoms with Crippen molar-refractivity contribution in [2.45, 2.75) is 31.1 Å². The van der Waals surface area contributed by atoms with Crippen LogP contribution in [0.4, 0.5) is 0 Å². The highest BCUT2D eigenvalue weighted by Crippen LogP contribution is 2.35. The maximum absolute atomic E-state index is 12.5. The molecule has 2 rings (SSSR count). The number of hydrogen-bond donors (Lipinski definition) is 1. The van der Waals surface area contributed by atoms with Crippen molar-refractivity contribution in [3.05, 3.63) is 35.4 Å². The maximum atomic E-state index is 12.5. The highest BCUT2D eigenvalue weighted by Gasteiger charge is 2.39. The first-order valence-electron chi connectivity index (χ1n) is 7.12. The van der Waals surface area contributed by atoms with Crippen molar-refractivity contribution in [2.75, 3.05) is 26.0 Å². The second-order valence-corrected chi connectivity index (χ2v) is 7.57. The fourth-order valence-electron chi connectivity index (χ4n) is 2.78. The van der Waals surface area contributed by atoms with Gasteiger partial charge in [-0.15, -0.1) is 0 Å². The van der Waals surface area contributed by atoms with Crippen molar-refractivity contribution in [1.29, 1.82) is 0 Å². The molecule has 2 unspecified atom stereocenters. The topological polar surface area (TPSA) is 55.4 Å². The number of methoxy groups -OCH3 is 1. The van der Waals surface area contributed by atoms with Crippen molar-refractivity contribution in [3.8, 4) is 0 Å². The Hall–Kier alpha value is -0.910. The first-order chi connectivity index (χ1) is 9.60. The van der Waals surface area contributed by atoms with Crippen LogP contribution in [0, 0.1) is 0 Å². The number of fused-ring (bicyclic) bond motifs is 1. The quantitative estimate of drug-likeness (QED) is 0.832. The zero-order valence-electron chi connectivity index (χ0n) is 12.1. The smallest absolute Gasteiger partial charge is 0.157 e. The van der Waals surface area contributed by atoms with Crippen LogP contribution in [0.3, 0.4) is 0 Å². The minimum atomic E-state index is -3.16. The lowest BCUT2D eigenvalue weighted by Gasteiger charge is -2.22. The van der Waals surface area contributed by atoms with E-state index in [4.69, 9.17) is 4.74 Å². The third-order valence-electron chi connectivity index (χ3n) is 3.83. The molecule has 2 atom stereocenters. The van der Waals surface area contributed by atoms with Crippen LogP contribution in [-0.2, 0) is 21.0 Å². The lowest BCUT2D eigenvalue weighted by Crippen LogP contribution is -2.37. The largest absolute Gasteiger partial charge is 0.384 e. The van der Waals surface area contributed by atoms with E-state index in [-0.39, 0.29) is 23.7 Å². The number of nitrogens with one attached hydrogen (secondary N) is 1. The van der Waals surface area contributed by atoms with Crippen LogP contribution in [0.2, 0.25) is 0 Å². The molecule has 0 bridgehead atoms. The molecule has 20 heavy (non-hydrogen) atoms. The summed E-state index contributed by atoms with van der Waals surface area (Å²) in [6.07, 6.45) is 1.59. The monoisotopic (exact) mass is 297 g/mol. The first kappa shape index (κ1) is 15.5. The Kier molecular flexibility index (Phi) is 5.18. The number of rotatable bonds is 7. The van der Waals surface area contributed by atoms with Gasteiger partial charge in [-0.25, -0.2) is 8.42 Å². The molecule has 5 heteroatoms. The molecule has 1 N–H and O–H groups in total. The molecule has 0 saturated carbocycles. The van der Waals surface area contributed by atoms with E-state index in [0.717, 1.165) is 24.1 Å². The summed E-state index contributed by atoms with van der Waals surface area (Å²) < 4.78 is 30.0. The van der Waals surface area contributed by atoms with Gasteiger partial charge >= 0.3 is 0 Å². The van der Waals surface area contributed by atoms with Crippen molar-refractivity contribution in [2.24, 2.45) is 0 Å². The van der Waals surface area contributed by atoms with Crippen LogP contribution in [0.15, 0.2) is 24.3 Å². The zero-order chi connectivity index (χ0) is 14.6. The molecule has 4 nitrogen and oxygen atoms in total. The normalized spacial score (nSPS) is 21.9. The van der Waals surface area contributed by atoms with Gasteiger partial charge in [-0.2, -0.15) is 0 Å². The third-order valence-corrected chi connectivity index (χ3v) is 5.93. The van der Waals surface area contributed by atoms with E-state index in [1.807, 2.05) is 24.3 Å². The minimum Gasteiger partial charge on any atom is -0.384 e. The Morgan fingerprint density at radius 2 is 2.10 bits per heavy atom. The van der Waals surface area contributed by atoms with Crippen molar-refractivity contribution < 1.29 is 13.2 Å². The van der Waals surface area contributed by atoms with Crippen LogP contribution >= 0.6 is 0 Å². The van der Waals surface area contributed by atoms with Gasteiger partial charge in [-0.05, 0) is 30.5 Å². The average molecular weight is 297 g/mol. The Balaban J connectivity index is 2.25. The van der Waals surface area contributed by atoms with Gasteiger partial charge in [0.25, 0.3) is 0 Å². The lowest BCUT2D eigenvalue weighted by molar-refractivity contribution is 0.216. The van der Waals surface area contributed by atoms with E-state index in [9.17, 15) is 8.42 Å². The van der Waals surface area contributed by atoms with Crippen LogP contribution in [-0.4, -0.2) is 39.7 Å². The van der Waals surface area contributed by atoms with Crippen LogP contribution in [0.1, 0.15) is 30.5 Å². The van der Waals surface area contributed by atoms with Gasteiger partial charge in [0, 0.05) is 13.2 Å². The van der Waals surface area contributed by atoms with Gasteiger partial charge in [-0.3, -0.25) is 0 Å². The fraction of sp³-hybridized carbons (Fsp3) is 0.600. The summed E-state index contributed by atoms with van der Waals surface area (Å²) in [6, 6.07) is 7.92.